The molecule has 170 valence electrons. The number of methoxy groups -OCH3 is 1. The highest BCUT2D eigenvalue weighted by atomic mass is 32.2. The van der Waals surface area contributed by atoms with Crippen molar-refractivity contribution < 1.29 is 31.9 Å². The lowest BCUT2D eigenvalue weighted by Gasteiger charge is -2.19. The van der Waals surface area contributed by atoms with Crippen LogP contribution in [0.15, 0.2) is 47.5 Å². The third-order valence-corrected chi connectivity index (χ3v) is 5.61. The van der Waals surface area contributed by atoms with Gasteiger partial charge in [0, 0.05) is 17.1 Å². The molecule has 0 amide bonds. The summed E-state index contributed by atoms with van der Waals surface area (Å²) in [6.07, 6.45) is 0.455. The third kappa shape index (κ3) is 4.97. The van der Waals surface area contributed by atoms with Crippen LogP contribution in [0.25, 0.3) is 22.0 Å². The molecule has 0 atom stereocenters. The van der Waals surface area contributed by atoms with E-state index >= 15 is 0 Å². The Bertz CT molecular complexity index is 1320. The zero-order valence-electron chi connectivity index (χ0n) is 18.0. The van der Waals surface area contributed by atoms with Gasteiger partial charge in [-0.15, -0.1) is 0 Å². The molecule has 3 aromatic rings. The van der Waals surface area contributed by atoms with E-state index in [1.807, 2.05) is 0 Å². The monoisotopic (exact) mass is 462 g/mol. The average molecular weight is 462 g/mol. The summed E-state index contributed by atoms with van der Waals surface area (Å²) in [4.78, 5) is 24.3. The highest BCUT2D eigenvalue weighted by Crippen LogP contribution is 2.33. The van der Waals surface area contributed by atoms with Crippen molar-refractivity contribution in [2.45, 2.75) is 37.7 Å². The molecule has 8 nitrogen and oxygen atoms in total. The Morgan fingerprint density at radius 1 is 1.12 bits per heavy atom. The van der Waals surface area contributed by atoms with Gasteiger partial charge in [-0.25, -0.2) is 22.7 Å². The van der Waals surface area contributed by atoms with E-state index in [-0.39, 0.29) is 22.4 Å². The highest BCUT2D eigenvalue weighted by molar-refractivity contribution is 7.89. The summed E-state index contributed by atoms with van der Waals surface area (Å²) in [5.74, 6) is -1.19. The quantitative estimate of drug-likeness (QED) is 0.592. The molecule has 0 unspecified atom stereocenters. The zero-order chi connectivity index (χ0) is 23.8. The molecule has 32 heavy (non-hydrogen) atoms. The number of halogens is 1. The Hall–Kier alpha value is -3.24. The molecule has 2 aromatic carbocycles. The Kier molecular flexibility index (Phi) is 6.12. The predicted molar refractivity (Wildman–Crippen MR) is 116 cm³/mol. The number of nitrogens with two attached hydrogens (primary N) is 1. The molecule has 0 aliphatic heterocycles. The standard InChI is InChI=1S/C22H23FN2O6S/c1-22(2,3)31-21(27)25-12-17(16-7-6-15(23)11-18(16)25)13-5-8-19(32(24,28)29)14(9-13)10-20(26)30-4/h5-9,11-12H,10H2,1-4H3,(H2,24,28,29). The van der Waals surface area contributed by atoms with Crippen LogP contribution in [0.5, 0.6) is 0 Å². The van der Waals surface area contributed by atoms with Gasteiger partial charge in [0.25, 0.3) is 0 Å². The Labute approximate surface area is 184 Å². The number of fused-ring (bicyclic) bond motifs is 1. The molecule has 3 rings (SSSR count). The van der Waals surface area contributed by atoms with E-state index in [2.05, 4.69) is 4.74 Å². The summed E-state index contributed by atoms with van der Waals surface area (Å²) < 4.78 is 49.2. The predicted octanol–water partition coefficient (Wildman–Crippen LogP) is 3.59. The minimum atomic E-state index is -4.10. The normalized spacial score (nSPS) is 12.1. The van der Waals surface area contributed by atoms with E-state index in [0.29, 0.717) is 16.5 Å². The molecule has 0 bridgehead atoms. The number of carbonyl (C=O) groups excluding carboxylic acids is 2. The molecular weight excluding hydrogens is 439 g/mol. The van der Waals surface area contributed by atoms with E-state index in [9.17, 15) is 22.4 Å². The number of rotatable bonds is 4. The van der Waals surface area contributed by atoms with Crippen LogP contribution in [0.3, 0.4) is 0 Å². The molecule has 0 radical (unpaired) electrons. The molecule has 2 N–H and O–H groups in total. The van der Waals surface area contributed by atoms with E-state index in [4.69, 9.17) is 9.88 Å². The number of primary sulfonamides is 1. The lowest BCUT2D eigenvalue weighted by molar-refractivity contribution is -0.139. The topological polar surface area (TPSA) is 118 Å². The number of nitrogens with zero attached hydrogens (tertiary/aromatic N) is 1. The van der Waals surface area contributed by atoms with Gasteiger partial charge in [-0.2, -0.15) is 0 Å². The molecule has 0 fully saturated rings. The van der Waals surface area contributed by atoms with Gasteiger partial charge in [-0.1, -0.05) is 6.07 Å². The maximum absolute atomic E-state index is 14.0. The van der Waals surface area contributed by atoms with Gasteiger partial charge in [-0.3, -0.25) is 9.36 Å². The van der Waals surface area contributed by atoms with E-state index < -0.39 is 33.5 Å². The Morgan fingerprint density at radius 3 is 2.41 bits per heavy atom. The van der Waals surface area contributed by atoms with Crippen LogP contribution in [0.1, 0.15) is 26.3 Å². The number of esters is 1. The number of carbonyl (C=O) groups is 2. The summed E-state index contributed by atoms with van der Waals surface area (Å²) in [7, 11) is -2.91. The van der Waals surface area contributed by atoms with Crippen LogP contribution in [0.4, 0.5) is 9.18 Å². The summed E-state index contributed by atoms with van der Waals surface area (Å²) in [6.45, 7) is 5.13. The van der Waals surface area contributed by atoms with Crippen LogP contribution in [-0.4, -0.2) is 37.8 Å². The van der Waals surface area contributed by atoms with Crippen molar-refractivity contribution in [2.75, 3.05) is 7.11 Å². The lowest BCUT2D eigenvalue weighted by Crippen LogP contribution is -2.26. The second-order valence-corrected chi connectivity index (χ2v) is 9.70. The largest absolute Gasteiger partial charge is 0.469 e. The molecule has 0 aliphatic carbocycles. The molecular formula is C22H23FN2O6S. The van der Waals surface area contributed by atoms with Crippen LogP contribution in [0.2, 0.25) is 0 Å². The van der Waals surface area contributed by atoms with Crippen molar-refractivity contribution in [1.29, 1.82) is 0 Å². The van der Waals surface area contributed by atoms with Crippen molar-refractivity contribution in [2.24, 2.45) is 5.14 Å². The Morgan fingerprint density at radius 2 is 1.81 bits per heavy atom. The zero-order valence-corrected chi connectivity index (χ0v) is 18.8. The van der Waals surface area contributed by atoms with E-state index in [1.165, 1.54) is 54.3 Å². The van der Waals surface area contributed by atoms with Gasteiger partial charge >= 0.3 is 12.1 Å². The second kappa shape index (κ2) is 8.36. The van der Waals surface area contributed by atoms with Gasteiger partial charge in [0.1, 0.15) is 11.4 Å². The number of sulfonamides is 1. The molecule has 0 aliphatic rings. The minimum absolute atomic E-state index is 0.136. The van der Waals surface area contributed by atoms with Gasteiger partial charge < -0.3 is 9.47 Å². The highest BCUT2D eigenvalue weighted by Gasteiger charge is 2.23. The van der Waals surface area contributed by atoms with Crippen molar-refractivity contribution in [3.8, 4) is 11.1 Å². The van der Waals surface area contributed by atoms with Crippen LogP contribution >= 0.6 is 0 Å². The molecule has 0 spiro atoms. The molecule has 1 aromatic heterocycles. The fourth-order valence-electron chi connectivity index (χ4n) is 3.28. The minimum Gasteiger partial charge on any atom is -0.469 e. The van der Waals surface area contributed by atoms with Crippen molar-refractivity contribution in [1.82, 2.24) is 4.57 Å². The van der Waals surface area contributed by atoms with Crippen molar-refractivity contribution in [3.63, 3.8) is 0 Å². The first-order valence-electron chi connectivity index (χ1n) is 9.57. The molecule has 0 saturated heterocycles. The lowest BCUT2D eigenvalue weighted by atomic mass is 10.0. The average Bonchev–Trinajstić information content (AvgIpc) is 3.04. The maximum Gasteiger partial charge on any atom is 0.419 e. The van der Waals surface area contributed by atoms with E-state index in [1.54, 1.807) is 20.8 Å². The maximum atomic E-state index is 14.0. The third-order valence-electron chi connectivity index (χ3n) is 4.60. The van der Waals surface area contributed by atoms with Crippen LogP contribution < -0.4 is 5.14 Å². The number of ether oxygens (including phenoxy) is 2. The van der Waals surface area contributed by atoms with Gasteiger partial charge in [0.15, 0.2) is 0 Å². The van der Waals surface area contributed by atoms with E-state index in [0.717, 1.165) is 0 Å². The number of hydrogen-bond donors (Lipinski definition) is 1. The van der Waals surface area contributed by atoms with Gasteiger partial charge in [0.05, 0.1) is 23.9 Å². The smallest absolute Gasteiger partial charge is 0.419 e. The SMILES string of the molecule is COC(=O)Cc1cc(-c2cn(C(=O)OC(C)(C)C)c3cc(F)ccc23)ccc1S(N)(=O)=O. The summed E-state index contributed by atoms with van der Waals surface area (Å²) in [5, 5.41) is 5.82. The van der Waals surface area contributed by atoms with Crippen molar-refractivity contribution >= 4 is 33.0 Å². The number of hydrogen-bond acceptors (Lipinski definition) is 6. The fraction of sp³-hybridized carbons (Fsp3) is 0.273. The first-order chi connectivity index (χ1) is 14.8. The Balaban J connectivity index is 2.22. The first-order valence-corrected chi connectivity index (χ1v) is 11.1. The van der Waals surface area contributed by atoms with Gasteiger partial charge in [-0.05, 0) is 62.2 Å². The second-order valence-electron chi connectivity index (χ2n) is 8.18. The fourth-order valence-corrected chi connectivity index (χ4v) is 4.04. The molecule has 1 heterocycles. The number of benzene rings is 2. The van der Waals surface area contributed by atoms with Gasteiger partial charge in [0.2, 0.25) is 10.0 Å². The molecule has 10 heteroatoms. The number of aromatic nitrogens is 1. The van der Waals surface area contributed by atoms with Crippen LogP contribution in [0, 0.1) is 5.82 Å². The van der Waals surface area contributed by atoms with Crippen molar-refractivity contribution in [3.05, 3.63) is 54.0 Å². The summed E-state index contributed by atoms with van der Waals surface area (Å²) in [6, 6.07) is 8.22. The van der Waals surface area contributed by atoms with Crippen LogP contribution in [-0.2, 0) is 30.7 Å². The summed E-state index contributed by atoms with van der Waals surface area (Å²) >= 11 is 0. The molecule has 0 saturated carbocycles. The summed E-state index contributed by atoms with van der Waals surface area (Å²) in [5.41, 5.74) is 0.649. The first kappa shape index (κ1) is 23.4.